The van der Waals surface area contributed by atoms with Crippen LogP contribution in [0.4, 0.5) is 0 Å². The van der Waals surface area contributed by atoms with Crippen molar-refractivity contribution >= 4 is 51.7 Å². The van der Waals surface area contributed by atoms with E-state index in [1.807, 2.05) is 0 Å². The van der Waals surface area contributed by atoms with Crippen LogP contribution in [0, 0.1) is 0 Å². The molecule has 2 aliphatic rings. The van der Waals surface area contributed by atoms with Crippen LogP contribution in [0.5, 0.6) is 0 Å². The molecule has 1 heterocycles. The van der Waals surface area contributed by atoms with Crippen molar-refractivity contribution in [3.8, 4) is 0 Å². The average molecular weight is 588 g/mol. The number of rotatable bonds is 7. The van der Waals surface area contributed by atoms with Gasteiger partial charge >= 0.3 is 219 Å². The molecule has 1 unspecified atom stereocenters. The average Bonchev–Trinajstić information content (AvgIpc) is 2.91. The Morgan fingerprint density at radius 1 is 0.676 bits per heavy atom. The number of hydrogen-bond donors (Lipinski definition) is 0. The van der Waals surface area contributed by atoms with Crippen LogP contribution in [0.25, 0.3) is 5.76 Å². The molecule has 0 spiro atoms. The quantitative estimate of drug-likeness (QED) is 0.289. The number of fused-ring (bicyclic) bond motifs is 1. The third-order valence-corrected chi connectivity index (χ3v) is 64.2. The van der Waals surface area contributed by atoms with E-state index in [0.29, 0.717) is 4.75 Å². The van der Waals surface area contributed by atoms with E-state index < -0.39 is 45.9 Å². The van der Waals surface area contributed by atoms with Gasteiger partial charge in [-0.1, -0.05) is 0 Å². The molecule has 1 aromatic rings. The van der Waals surface area contributed by atoms with Gasteiger partial charge in [-0.15, -0.1) is 0 Å². The van der Waals surface area contributed by atoms with Gasteiger partial charge in [-0.3, -0.25) is 0 Å². The molecule has 0 saturated carbocycles. The predicted molar refractivity (Wildman–Crippen MR) is 168 cm³/mol. The summed E-state index contributed by atoms with van der Waals surface area (Å²) in [6.07, 6.45) is 7.48. The molecule has 1 aliphatic carbocycles. The zero-order chi connectivity index (χ0) is 25.9. The summed E-state index contributed by atoms with van der Waals surface area (Å²) in [5, 5.41) is 0. The minimum atomic E-state index is -3.11. The van der Waals surface area contributed by atoms with Crippen LogP contribution in [0.15, 0.2) is 59.7 Å². The molecule has 0 fully saturated rings. The molecule has 0 radical (unpaired) electrons. The maximum absolute atomic E-state index is 7.97. The fourth-order valence-corrected chi connectivity index (χ4v) is 87.3. The summed E-state index contributed by atoms with van der Waals surface area (Å²) in [5.41, 5.74) is 4.25. The number of hydrogen-bond acceptors (Lipinski definition) is 1. The second-order valence-corrected chi connectivity index (χ2v) is 50.1. The predicted octanol–water partition coefficient (Wildman–Crippen LogP) is 9.51. The van der Waals surface area contributed by atoms with E-state index in [2.05, 4.69) is 134 Å². The molecular formula is C28H50GeOSi4. The van der Waals surface area contributed by atoms with Crippen molar-refractivity contribution in [1.29, 1.82) is 0 Å². The van der Waals surface area contributed by atoms with Crippen molar-refractivity contribution in [3.05, 3.63) is 65.3 Å². The van der Waals surface area contributed by atoms with Gasteiger partial charge < -0.3 is 0 Å². The first kappa shape index (κ1) is 28.2. The van der Waals surface area contributed by atoms with Crippen LogP contribution in [0.2, 0.25) is 91.3 Å². The van der Waals surface area contributed by atoms with Crippen molar-refractivity contribution in [2.75, 3.05) is 0 Å². The van der Waals surface area contributed by atoms with Crippen LogP contribution in [0.3, 0.4) is 0 Å². The molecular weight excluding hydrogens is 537 g/mol. The fraction of sp³-hybridized carbons (Fsp3) is 0.571. The summed E-state index contributed by atoms with van der Waals surface area (Å²) in [6, 6.07) is 11.1. The zero-order valence-electron chi connectivity index (χ0n) is 24.3. The van der Waals surface area contributed by atoms with Gasteiger partial charge in [0, 0.05) is 0 Å². The van der Waals surface area contributed by atoms with Crippen LogP contribution in [-0.4, -0.2) is 45.9 Å². The molecule has 188 valence electrons. The van der Waals surface area contributed by atoms with E-state index in [4.69, 9.17) is 3.76 Å². The first-order valence-corrected chi connectivity index (χ1v) is 32.0. The summed E-state index contributed by atoms with van der Waals surface area (Å²) in [4.78, 5) is 0. The normalized spacial score (nSPS) is 21.1. The Bertz CT molecular complexity index is 938. The topological polar surface area (TPSA) is 9.23 Å². The third-order valence-electron chi connectivity index (χ3n) is 7.72. The summed E-state index contributed by atoms with van der Waals surface area (Å²) in [7, 11) is -6.10. The Kier molecular flexibility index (Phi) is 7.63. The van der Waals surface area contributed by atoms with Crippen LogP contribution >= 0.6 is 0 Å². The molecule has 1 aromatic carbocycles. The van der Waals surface area contributed by atoms with E-state index in [1.165, 1.54) is 22.5 Å². The van der Waals surface area contributed by atoms with Crippen molar-refractivity contribution in [2.24, 2.45) is 0 Å². The van der Waals surface area contributed by atoms with E-state index in [0.717, 1.165) is 7.99 Å². The van der Waals surface area contributed by atoms with Gasteiger partial charge in [-0.05, 0) is 0 Å². The Balaban J connectivity index is 2.47. The molecule has 0 bridgehead atoms. The van der Waals surface area contributed by atoms with Crippen LogP contribution in [-0.2, 0) is 3.76 Å². The Labute approximate surface area is 217 Å². The van der Waals surface area contributed by atoms with Gasteiger partial charge in [0.15, 0.2) is 0 Å². The summed E-state index contributed by atoms with van der Waals surface area (Å²) >= 11 is -3.11. The first-order valence-electron chi connectivity index (χ1n) is 13.2. The first-order chi connectivity index (χ1) is 15.3. The Morgan fingerprint density at radius 3 is 1.53 bits per heavy atom. The van der Waals surface area contributed by atoms with Gasteiger partial charge in [0.1, 0.15) is 0 Å². The van der Waals surface area contributed by atoms with E-state index >= 15 is 0 Å². The van der Waals surface area contributed by atoms with Crippen molar-refractivity contribution in [2.45, 2.75) is 98.2 Å². The number of allylic oxidation sites excluding steroid dienone is 5. The Hall–Kier alpha value is -0.350. The van der Waals surface area contributed by atoms with E-state index in [1.54, 1.807) is 0 Å². The molecule has 6 heteroatoms. The van der Waals surface area contributed by atoms with Gasteiger partial charge in [0.25, 0.3) is 0 Å². The molecule has 0 N–H and O–H groups in total. The molecule has 0 aromatic heterocycles. The van der Waals surface area contributed by atoms with Gasteiger partial charge in [-0.2, -0.15) is 0 Å². The van der Waals surface area contributed by atoms with Gasteiger partial charge in [0.05, 0.1) is 0 Å². The van der Waals surface area contributed by atoms with Crippen molar-refractivity contribution in [1.82, 2.24) is 0 Å². The van der Waals surface area contributed by atoms with Crippen molar-refractivity contribution < 1.29 is 3.76 Å². The zero-order valence-corrected chi connectivity index (χ0v) is 30.4. The molecule has 34 heavy (non-hydrogen) atoms. The van der Waals surface area contributed by atoms with Crippen LogP contribution < -0.4 is 0 Å². The summed E-state index contributed by atoms with van der Waals surface area (Å²) < 4.78 is 10.2. The van der Waals surface area contributed by atoms with E-state index in [9.17, 15) is 0 Å². The third kappa shape index (κ3) is 5.20. The SMILES string of the molecule is CC1=C[CH]2C(=C(c3ccccc3)[O][Ge]2([CH]([Si](C)(C)C)[Si](C)(C)C)[CH]([Si](C)(C)C)[Si](C)(C)C)C=C1. The molecule has 1 atom stereocenters. The Morgan fingerprint density at radius 2 is 1.12 bits per heavy atom. The second-order valence-electron chi connectivity index (χ2n) is 15.2. The second kappa shape index (κ2) is 9.19. The molecule has 0 amide bonds. The van der Waals surface area contributed by atoms with Crippen LogP contribution in [0.1, 0.15) is 12.5 Å². The molecule has 0 saturated heterocycles. The van der Waals surface area contributed by atoms with Gasteiger partial charge in [0.2, 0.25) is 0 Å². The summed E-state index contributed by atoms with van der Waals surface area (Å²) in [6.45, 7) is 34.4. The molecule has 1 aliphatic heterocycles. The number of benzene rings is 1. The minimum absolute atomic E-state index is 0.534. The fourth-order valence-electron chi connectivity index (χ4n) is 8.39. The van der Waals surface area contributed by atoms with E-state index in [-0.39, 0.29) is 0 Å². The van der Waals surface area contributed by atoms with Gasteiger partial charge in [-0.25, -0.2) is 0 Å². The molecule has 1 nitrogen and oxygen atoms in total. The monoisotopic (exact) mass is 588 g/mol. The maximum atomic E-state index is 7.97. The molecule has 3 rings (SSSR count). The van der Waals surface area contributed by atoms with Crippen molar-refractivity contribution in [3.63, 3.8) is 0 Å². The standard InChI is InChI=1S/C28H50GeOSi4/c1-22-19-20-24-25(21-22)29(27(31(2,3)4)32(5,6)7,28(33(8,9)10)34(11,12)13)30-26(24)23-17-15-14-16-18-23/h14-21,25,27-28H,1-13H3. The summed E-state index contributed by atoms with van der Waals surface area (Å²) in [5.74, 6) is 1.24.